The molecule has 0 fully saturated rings. The molecule has 0 aliphatic carbocycles. The van der Waals surface area contributed by atoms with E-state index >= 15 is 0 Å². The molecule has 0 radical (unpaired) electrons. The first-order valence-electron chi connectivity index (χ1n) is 8.75. The molecule has 0 saturated carbocycles. The molecule has 4 heteroatoms. The SMILES string of the molecule is COc1cc(CC(N)c2cccnc2)ccc1OCCc1ccccc1. The molecule has 1 aromatic heterocycles. The van der Waals surface area contributed by atoms with E-state index in [0.717, 1.165) is 29.0 Å². The predicted molar refractivity (Wildman–Crippen MR) is 104 cm³/mol. The standard InChI is InChI=1S/C22H24N2O2/c1-25-22-15-18(14-20(23)19-8-5-12-24-16-19)9-10-21(22)26-13-11-17-6-3-2-4-7-17/h2-10,12,15-16,20H,11,13-14,23H2,1H3. The van der Waals surface area contributed by atoms with Crippen LogP contribution in [0.4, 0.5) is 0 Å². The summed E-state index contributed by atoms with van der Waals surface area (Å²) in [5.41, 5.74) is 9.67. The molecule has 26 heavy (non-hydrogen) atoms. The van der Waals surface area contributed by atoms with Crippen molar-refractivity contribution < 1.29 is 9.47 Å². The number of hydrogen-bond donors (Lipinski definition) is 1. The molecule has 3 rings (SSSR count). The van der Waals surface area contributed by atoms with Gasteiger partial charge in [-0.3, -0.25) is 4.98 Å². The largest absolute Gasteiger partial charge is 0.493 e. The molecule has 134 valence electrons. The van der Waals surface area contributed by atoms with Crippen molar-refractivity contribution in [1.29, 1.82) is 0 Å². The van der Waals surface area contributed by atoms with E-state index in [2.05, 4.69) is 17.1 Å². The molecule has 4 nitrogen and oxygen atoms in total. The first kappa shape index (κ1) is 18.0. The summed E-state index contributed by atoms with van der Waals surface area (Å²) in [4.78, 5) is 4.13. The number of hydrogen-bond acceptors (Lipinski definition) is 4. The van der Waals surface area contributed by atoms with Crippen LogP contribution < -0.4 is 15.2 Å². The minimum Gasteiger partial charge on any atom is -0.493 e. The lowest BCUT2D eigenvalue weighted by atomic mass is 10.0. The quantitative estimate of drug-likeness (QED) is 0.669. The van der Waals surface area contributed by atoms with E-state index in [4.69, 9.17) is 15.2 Å². The van der Waals surface area contributed by atoms with Crippen LogP contribution in [-0.4, -0.2) is 18.7 Å². The second kappa shape index (κ2) is 9.02. The molecule has 0 spiro atoms. The number of ether oxygens (including phenoxy) is 2. The fourth-order valence-corrected chi connectivity index (χ4v) is 2.85. The summed E-state index contributed by atoms with van der Waals surface area (Å²) >= 11 is 0. The molecule has 2 N–H and O–H groups in total. The van der Waals surface area contributed by atoms with Gasteiger partial charge in [0.25, 0.3) is 0 Å². The lowest BCUT2D eigenvalue weighted by Crippen LogP contribution is -2.13. The van der Waals surface area contributed by atoms with Crippen molar-refractivity contribution >= 4 is 0 Å². The zero-order chi connectivity index (χ0) is 18.2. The lowest BCUT2D eigenvalue weighted by molar-refractivity contribution is 0.297. The van der Waals surface area contributed by atoms with E-state index in [1.165, 1.54) is 5.56 Å². The molecule has 0 amide bonds. The fraction of sp³-hybridized carbons (Fsp3) is 0.227. The van der Waals surface area contributed by atoms with Crippen molar-refractivity contribution in [1.82, 2.24) is 4.98 Å². The third-order valence-electron chi connectivity index (χ3n) is 4.29. The number of methoxy groups -OCH3 is 1. The Kier molecular flexibility index (Phi) is 6.23. The van der Waals surface area contributed by atoms with E-state index in [0.29, 0.717) is 13.0 Å². The number of benzene rings is 2. The summed E-state index contributed by atoms with van der Waals surface area (Å²) in [6.07, 6.45) is 5.13. The second-order valence-electron chi connectivity index (χ2n) is 6.17. The maximum Gasteiger partial charge on any atom is 0.161 e. The Morgan fingerprint density at radius 3 is 2.54 bits per heavy atom. The highest BCUT2D eigenvalue weighted by atomic mass is 16.5. The van der Waals surface area contributed by atoms with Gasteiger partial charge in [-0.25, -0.2) is 0 Å². The van der Waals surface area contributed by atoms with Crippen molar-refractivity contribution in [2.24, 2.45) is 5.73 Å². The van der Waals surface area contributed by atoms with E-state index in [1.54, 1.807) is 13.3 Å². The fourth-order valence-electron chi connectivity index (χ4n) is 2.85. The smallest absolute Gasteiger partial charge is 0.161 e. The van der Waals surface area contributed by atoms with E-state index in [9.17, 15) is 0 Å². The van der Waals surface area contributed by atoms with Gasteiger partial charge in [0.05, 0.1) is 13.7 Å². The number of nitrogens with zero attached hydrogens (tertiary/aromatic N) is 1. The Hall–Kier alpha value is -2.85. The first-order chi connectivity index (χ1) is 12.8. The van der Waals surface area contributed by atoms with Crippen LogP contribution in [0.5, 0.6) is 11.5 Å². The molecule has 0 saturated heterocycles. The van der Waals surface area contributed by atoms with Crippen molar-refractivity contribution in [3.05, 3.63) is 89.7 Å². The monoisotopic (exact) mass is 348 g/mol. The molecular weight excluding hydrogens is 324 g/mol. The third kappa shape index (κ3) is 4.83. The Bertz CT molecular complexity index is 807. The Balaban J connectivity index is 1.62. The molecule has 2 aromatic carbocycles. The number of rotatable bonds is 8. The molecule has 0 aliphatic rings. The average Bonchev–Trinajstić information content (AvgIpc) is 2.70. The van der Waals surface area contributed by atoms with Gasteiger partial charge in [-0.05, 0) is 41.3 Å². The molecule has 1 unspecified atom stereocenters. The molecule has 0 aliphatic heterocycles. The van der Waals surface area contributed by atoms with Crippen LogP contribution in [0.2, 0.25) is 0 Å². The summed E-state index contributed by atoms with van der Waals surface area (Å²) in [6, 6.07) is 20.1. The summed E-state index contributed by atoms with van der Waals surface area (Å²) in [6.45, 7) is 0.606. The number of aromatic nitrogens is 1. The average molecular weight is 348 g/mol. The van der Waals surface area contributed by atoms with Crippen LogP contribution >= 0.6 is 0 Å². The van der Waals surface area contributed by atoms with Crippen LogP contribution in [0.25, 0.3) is 0 Å². The maximum absolute atomic E-state index is 6.29. The minimum atomic E-state index is -0.0988. The van der Waals surface area contributed by atoms with Crippen LogP contribution in [0.1, 0.15) is 22.7 Å². The van der Waals surface area contributed by atoms with Crippen LogP contribution in [0.15, 0.2) is 73.1 Å². The van der Waals surface area contributed by atoms with Crippen molar-refractivity contribution in [3.8, 4) is 11.5 Å². The molecular formula is C22H24N2O2. The van der Waals surface area contributed by atoms with Gasteiger partial charge in [-0.15, -0.1) is 0 Å². The molecule has 0 bridgehead atoms. The second-order valence-corrected chi connectivity index (χ2v) is 6.17. The van der Waals surface area contributed by atoms with E-state index in [1.807, 2.05) is 54.7 Å². The van der Waals surface area contributed by atoms with Gasteiger partial charge in [-0.1, -0.05) is 42.5 Å². The van der Waals surface area contributed by atoms with Crippen LogP contribution in [0, 0.1) is 0 Å². The summed E-state index contributed by atoms with van der Waals surface area (Å²) in [5.74, 6) is 1.48. The maximum atomic E-state index is 6.29. The Morgan fingerprint density at radius 2 is 1.81 bits per heavy atom. The zero-order valence-electron chi connectivity index (χ0n) is 15.0. The third-order valence-corrected chi connectivity index (χ3v) is 4.29. The summed E-state index contributed by atoms with van der Waals surface area (Å²) in [7, 11) is 1.66. The molecule has 3 aromatic rings. The molecule has 1 heterocycles. The minimum absolute atomic E-state index is 0.0988. The highest BCUT2D eigenvalue weighted by Gasteiger charge is 2.11. The van der Waals surface area contributed by atoms with Gasteiger partial charge < -0.3 is 15.2 Å². The van der Waals surface area contributed by atoms with Gasteiger partial charge in [0.1, 0.15) is 0 Å². The van der Waals surface area contributed by atoms with Gasteiger partial charge in [0.15, 0.2) is 11.5 Å². The highest BCUT2D eigenvalue weighted by molar-refractivity contribution is 5.43. The van der Waals surface area contributed by atoms with E-state index < -0.39 is 0 Å². The Labute approximate surface area is 154 Å². The summed E-state index contributed by atoms with van der Waals surface area (Å²) in [5, 5.41) is 0. The van der Waals surface area contributed by atoms with Gasteiger partial charge in [-0.2, -0.15) is 0 Å². The number of nitrogens with two attached hydrogens (primary N) is 1. The van der Waals surface area contributed by atoms with Crippen molar-refractivity contribution in [2.45, 2.75) is 18.9 Å². The van der Waals surface area contributed by atoms with Crippen LogP contribution in [-0.2, 0) is 12.8 Å². The first-order valence-corrected chi connectivity index (χ1v) is 8.75. The van der Waals surface area contributed by atoms with Gasteiger partial charge in [0.2, 0.25) is 0 Å². The normalized spacial score (nSPS) is 11.8. The van der Waals surface area contributed by atoms with Gasteiger partial charge >= 0.3 is 0 Å². The molecule has 1 atom stereocenters. The predicted octanol–water partition coefficient (Wildman–Crippen LogP) is 3.95. The van der Waals surface area contributed by atoms with Crippen molar-refractivity contribution in [2.75, 3.05) is 13.7 Å². The van der Waals surface area contributed by atoms with Crippen LogP contribution in [0.3, 0.4) is 0 Å². The Morgan fingerprint density at radius 1 is 0.962 bits per heavy atom. The van der Waals surface area contributed by atoms with Crippen molar-refractivity contribution in [3.63, 3.8) is 0 Å². The lowest BCUT2D eigenvalue weighted by Gasteiger charge is -2.15. The number of pyridine rings is 1. The highest BCUT2D eigenvalue weighted by Crippen LogP contribution is 2.29. The summed E-state index contributed by atoms with van der Waals surface area (Å²) < 4.78 is 11.4. The van der Waals surface area contributed by atoms with E-state index in [-0.39, 0.29) is 6.04 Å². The zero-order valence-corrected chi connectivity index (χ0v) is 15.0. The van der Waals surface area contributed by atoms with Gasteiger partial charge in [0, 0.05) is 24.9 Å². The topological polar surface area (TPSA) is 57.4 Å².